The summed E-state index contributed by atoms with van der Waals surface area (Å²) >= 11 is 0. The summed E-state index contributed by atoms with van der Waals surface area (Å²) in [6.07, 6.45) is -4.62. The number of nitrogens with two attached hydrogens (primary N) is 1. The second-order valence-corrected chi connectivity index (χ2v) is 3.46. The van der Waals surface area contributed by atoms with E-state index in [-0.39, 0.29) is 18.8 Å². The van der Waals surface area contributed by atoms with Crippen LogP contribution >= 0.6 is 0 Å². The number of rotatable bonds is 6. The van der Waals surface area contributed by atoms with Crippen molar-refractivity contribution in [3.63, 3.8) is 0 Å². The fourth-order valence-electron chi connectivity index (χ4n) is 1.24. The Labute approximate surface area is 107 Å². The van der Waals surface area contributed by atoms with Crippen LogP contribution in [0.2, 0.25) is 0 Å². The molecule has 0 aliphatic rings. The summed E-state index contributed by atoms with van der Waals surface area (Å²) in [6, 6.07) is 1.61. The molecule has 0 unspecified atom stereocenters. The van der Waals surface area contributed by atoms with Crippen molar-refractivity contribution < 1.29 is 27.4 Å². The zero-order valence-corrected chi connectivity index (χ0v) is 10.2. The van der Waals surface area contributed by atoms with Crippen LogP contribution in [0.1, 0.15) is 23.0 Å². The summed E-state index contributed by atoms with van der Waals surface area (Å²) in [5, 5.41) is 0. The third kappa shape index (κ3) is 4.40. The number of carbonyl (C=O) groups excluding carboxylic acids is 1. The zero-order chi connectivity index (χ0) is 14.5. The minimum absolute atomic E-state index is 0.0254. The fourth-order valence-corrected chi connectivity index (χ4v) is 1.24. The van der Waals surface area contributed by atoms with Crippen molar-refractivity contribution in [2.45, 2.75) is 13.1 Å². The third-order valence-corrected chi connectivity index (χ3v) is 2.09. The van der Waals surface area contributed by atoms with Crippen molar-refractivity contribution in [2.24, 2.45) is 5.73 Å². The van der Waals surface area contributed by atoms with Gasteiger partial charge < -0.3 is 15.2 Å². The number of hydrogen-bond acceptors (Lipinski definition) is 4. The molecule has 0 saturated heterocycles. The van der Waals surface area contributed by atoms with Gasteiger partial charge in [0.15, 0.2) is 0 Å². The predicted octanol–water partition coefficient (Wildman–Crippen LogP) is 1.61. The largest absolute Gasteiger partial charge is 0.475 e. The molecule has 106 valence electrons. The molecule has 1 amide bonds. The van der Waals surface area contributed by atoms with Gasteiger partial charge in [-0.05, 0) is 19.1 Å². The summed E-state index contributed by atoms with van der Waals surface area (Å²) in [4.78, 5) is 14.3. The van der Waals surface area contributed by atoms with E-state index in [1.165, 1.54) is 0 Å². The molecular weight excluding hydrogens is 265 g/mol. The second kappa shape index (κ2) is 6.37. The molecule has 0 spiro atoms. The Morgan fingerprint density at radius 2 is 2.05 bits per heavy atom. The second-order valence-electron chi connectivity index (χ2n) is 3.46. The Bertz CT molecular complexity index is 449. The van der Waals surface area contributed by atoms with Gasteiger partial charge >= 0.3 is 6.18 Å². The van der Waals surface area contributed by atoms with E-state index in [0.29, 0.717) is 12.7 Å². The fraction of sp³-hybridized carbons (Fsp3) is 0.455. The van der Waals surface area contributed by atoms with Crippen molar-refractivity contribution in [3.8, 4) is 5.88 Å². The lowest BCUT2D eigenvalue weighted by atomic mass is 10.2. The molecule has 0 saturated carbocycles. The van der Waals surface area contributed by atoms with Gasteiger partial charge in [0.2, 0.25) is 5.88 Å². The van der Waals surface area contributed by atoms with Gasteiger partial charge in [0.05, 0.1) is 6.61 Å². The summed E-state index contributed by atoms with van der Waals surface area (Å²) in [5.41, 5.74) is 3.68. The molecule has 2 N–H and O–H groups in total. The number of alkyl halides is 3. The van der Waals surface area contributed by atoms with E-state index in [2.05, 4.69) is 4.98 Å². The van der Waals surface area contributed by atoms with Crippen LogP contribution in [0, 0.1) is 0 Å². The first-order chi connectivity index (χ1) is 8.86. The van der Waals surface area contributed by atoms with Gasteiger partial charge in [-0.3, -0.25) is 4.79 Å². The Morgan fingerprint density at radius 3 is 2.58 bits per heavy atom. The molecule has 1 aromatic heterocycles. The maximum Gasteiger partial charge on any atom is 0.433 e. The van der Waals surface area contributed by atoms with E-state index in [0.717, 1.165) is 6.07 Å². The van der Waals surface area contributed by atoms with Gasteiger partial charge in [0.25, 0.3) is 5.91 Å². The summed E-state index contributed by atoms with van der Waals surface area (Å²) in [7, 11) is 0. The smallest absolute Gasteiger partial charge is 0.433 e. The highest BCUT2D eigenvalue weighted by atomic mass is 19.4. The van der Waals surface area contributed by atoms with E-state index < -0.39 is 23.7 Å². The third-order valence-electron chi connectivity index (χ3n) is 2.09. The molecule has 0 atom stereocenters. The summed E-state index contributed by atoms with van der Waals surface area (Å²) in [5.74, 6) is -1.35. The van der Waals surface area contributed by atoms with E-state index in [1.54, 1.807) is 6.92 Å². The molecule has 0 aromatic carbocycles. The molecule has 0 aliphatic heterocycles. The lowest BCUT2D eigenvalue weighted by Crippen LogP contribution is -2.18. The van der Waals surface area contributed by atoms with Gasteiger partial charge in [0, 0.05) is 6.61 Å². The van der Waals surface area contributed by atoms with Crippen molar-refractivity contribution in [2.75, 3.05) is 19.8 Å². The number of nitrogens with zero attached hydrogens (tertiary/aromatic N) is 1. The molecule has 0 fully saturated rings. The van der Waals surface area contributed by atoms with Crippen LogP contribution in [-0.2, 0) is 10.9 Å². The van der Waals surface area contributed by atoms with Crippen LogP contribution < -0.4 is 10.5 Å². The van der Waals surface area contributed by atoms with Crippen LogP contribution in [0.5, 0.6) is 5.88 Å². The highest BCUT2D eigenvalue weighted by Gasteiger charge is 2.33. The number of pyridine rings is 1. The summed E-state index contributed by atoms with van der Waals surface area (Å²) in [6.45, 7) is 2.36. The topological polar surface area (TPSA) is 74.4 Å². The van der Waals surface area contributed by atoms with Gasteiger partial charge in [-0.2, -0.15) is 13.2 Å². The molecule has 0 radical (unpaired) electrons. The van der Waals surface area contributed by atoms with Crippen molar-refractivity contribution >= 4 is 5.91 Å². The molecule has 1 heterocycles. The Morgan fingerprint density at radius 1 is 1.37 bits per heavy atom. The van der Waals surface area contributed by atoms with Crippen molar-refractivity contribution in [1.29, 1.82) is 0 Å². The molecule has 0 bridgehead atoms. The molecule has 8 heteroatoms. The van der Waals surface area contributed by atoms with E-state index in [4.69, 9.17) is 15.2 Å². The van der Waals surface area contributed by atoms with E-state index >= 15 is 0 Å². The lowest BCUT2D eigenvalue weighted by molar-refractivity contribution is -0.141. The van der Waals surface area contributed by atoms with Crippen LogP contribution in [0.4, 0.5) is 13.2 Å². The molecular formula is C11H13F3N2O3. The van der Waals surface area contributed by atoms with Crippen LogP contribution in [0.15, 0.2) is 12.1 Å². The number of halogens is 3. The summed E-state index contributed by atoms with van der Waals surface area (Å²) < 4.78 is 47.4. The van der Waals surface area contributed by atoms with Gasteiger partial charge in [-0.1, -0.05) is 0 Å². The van der Waals surface area contributed by atoms with Gasteiger partial charge in [-0.25, -0.2) is 4.98 Å². The molecule has 1 aromatic rings. The monoisotopic (exact) mass is 278 g/mol. The number of aromatic nitrogens is 1. The van der Waals surface area contributed by atoms with Crippen LogP contribution in [-0.4, -0.2) is 30.7 Å². The Hall–Kier alpha value is -1.83. The normalized spacial score (nSPS) is 11.4. The number of carbonyl (C=O) groups is 1. The average Bonchev–Trinajstić information content (AvgIpc) is 2.33. The van der Waals surface area contributed by atoms with Crippen LogP contribution in [0.3, 0.4) is 0 Å². The Balaban J connectivity index is 2.93. The van der Waals surface area contributed by atoms with Crippen molar-refractivity contribution in [3.05, 3.63) is 23.4 Å². The maximum atomic E-state index is 12.5. The van der Waals surface area contributed by atoms with E-state index in [1.807, 2.05) is 0 Å². The predicted molar refractivity (Wildman–Crippen MR) is 59.7 cm³/mol. The SMILES string of the molecule is CCOCCOc1nc(C(F)(F)F)ccc1C(N)=O. The first-order valence-electron chi connectivity index (χ1n) is 5.44. The zero-order valence-electron chi connectivity index (χ0n) is 10.2. The first-order valence-corrected chi connectivity index (χ1v) is 5.44. The molecule has 5 nitrogen and oxygen atoms in total. The minimum Gasteiger partial charge on any atom is -0.475 e. The first kappa shape index (κ1) is 15.2. The number of ether oxygens (including phenoxy) is 2. The van der Waals surface area contributed by atoms with E-state index in [9.17, 15) is 18.0 Å². The number of hydrogen-bond donors (Lipinski definition) is 1. The molecule has 19 heavy (non-hydrogen) atoms. The molecule has 0 aliphatic carbocycles. The average molecular weight is 278 g/mol. The Kier molecular flexibility index (Phi) is 5.11. The van der Waals surface area contributed by atoms with Crippen molar-refractivity contribution in [1.82, 2.24) is 4.98 Å². The lowest BCUT2D eigenvalue weighted by Gasteiger charge is -2.11. The number of amides is 1. The van der Waals surface area contributed by atoms with Crippen LogP contribution in [0.25, 0.3) is 0 Å². The standard InChI is InChI=1S/C11H13F3N2O3/c1-2-18-5-6-19-10-7(9(15)17)3-4-8(16-10)11(12,13)14/h3-4H,2,5-6H2,1H3,(H2,15,17). The highest BCUT2D eigenvalue weighted by Crippen LogP contribution is 2.30. The highest BCUT2D eigenvalue weighted by molar-refractivity contribution is 5.95. The minimum atomic E-state index is -4.62. The quantitative estimate of drug-likeness (QED) is 0.802. The molecule has 1 rings (SSSR count). The maximum absolute atomic E-state index is 12.5. The van der Waals surface area contributed by atoms with Gasteiger partial charge in [-0.15, -0.1) is 0 Å². The van der Waals surface area contributed by atoms with Gasteiger partial charge in [0.1, 0.15) is 17.9 Å². The number of primary amides is 1.